The summed E-state index contributed by atoms with van der Waals surface area (Å²) >= 11 is 5.85. The van der Waals surface area contributed by atoms with E-state index >= 15 is 0 Å². The zero-order valence-electron chi connectivity index (χ0n) is 7.66. The third-order valence-electron chi connectivity index (χ3n) is 2.21. The second-order valence-electron chi connectivity index (χ2n) is 3.21. The van der Waals surface area contributed by atoms with Gasteiger partial charge in [0, 0.05) is 18.3 Å². The highest BCUT2D eigenvalue weighted by Crippen LogP contribution is 2.23. The van der Waals surface area contributed by atoms with E-state index in [0.29, 0.717) is 17.4 Å². The molecule has 5 heteroatoms. The minimum atomic E-state index is 0.106. The molecule has 3 N–H and O–H groups in total. The van der Waals surface area contributed by atoms with Crippen molar-refractivity contribution in [3.63, 3.8) is 0 Å². The molecule has 0 saturated carbocycles. The molecule has 0 spiro atoms. The van der Waals surface area contributed by atoms with Crippen molar-refractivity contribution in [2.75, 3.05) is 25.5 Å². The average Bonchev–Trinajstić information content (AvgIpc) is 2.23. The lowest BCUT2D eigenvalue weighted by molar-refractivity contribution is 0.0770. The number of morpholine rings is 1. The van der Waals surface area contributed by atoms with Crippen LogP contribution in [0.5, 0.6) is 0 Å². The molecule has 0 aromatic carbocycles. The van der Waals surface area contributed by atoms with Crippen LogP contribution in [0.3, 0.4) is 0 Å². The van der Waals surface area contributed by atoms with E-state index in [1.165, 1.54) is 0 Å². The Kier molecular flexibility index (Phi) is 2.86. The Balaban J connectivity index is 2.24. The molecular formula is C9H12ClN3O. The van der Waals surface area contributed by atoms with Crippen molar-refractivity contribution in [2.45, 2.75) is 6.04 Å². The van der Waals surface area contributed by atoms with Gasteiger partial charge < -0.3 is 15.8 Å². The van der Waals surface area contributed by atoms with Crippen LogP contribution in [0.15, 0.2) is 12.3 Å². The van der Waals surface area contributed by atoms with Gasteiger partial charge in [0.15, 0.2) is 0 Å². The van der Waals surface area contributed by atoms with Crippen molar-refractivity contribution < 1.29 is 4.74 Å². The Morgan fingerprint density at radius 2 is 2.50 bits per heavy atom. The number of nitrogens with one attached hydrogen (secondary N) is 1. The van der Waals surface area contributed by atoms with E-state index in [-0.39, 0.29) is 6.04 Å². The van der Waals surface area contributed by atoms with Crippen LogP contribution >= 0.6 is 11.6 Å². The van der Waals surface area contributed by atoms with Crippen molar-refractivity contribution in [3.05, 3.63) is 22.8 Å². The molecule has 0 aliphatic carbocycles. The predicted molar refractivity (Wildman–Crippen MR) is 55.2 cm³/mol. The summed E-state index contributed by atoms with van der Waals surface area (Å²) in [7, 11) is 0. The Bertz CT molecular complexity index is 326. The molecule has 2 rings (SSSR count). The quantitative estimate of drug-likeness (QED) is 0.730. The summed E-state index contributed by atoms with van der Waals surface area (Å²) < 4.78 is 5.34. The van der Waals surface area contributed by atoms with E-state index < -0.39 is 0 Å². The first kappa shape index (κ1) is 9.71. The number of anilines is 1. The molecule has 1 aliphatic heterocycles. The van der Waals surface area contributed by atoms with Crippen molar-refractivity contribution in [1.29, 1.82) is 0 Å². The minimum absolute atomic E-state index is 0.106. The average molecular weight is 214 g/mol. The van der Waals surface area contributed by atoms with E-state index in [1.54, 1.807) is 6.20 Å². The maximum Gasteiger partial charge on any atom is 0.128 e. The van der Waals surface area contributed by atoms with E-state index in [9.17, 15) is 0 Å². The fraction of sp³-hybridized carbons (Fsp3) is 0.444. The molecule has 1 aliphatic rings. The first-order chi connectivity index (χ1) is 6.77. The second-order valence-corrected chi connectivity index (χ2v) is 3.65. The monoisotopic (exact) mass is 213 g/mol. The van der Waals surface area contributed by atoms with Gasteiger partial charge >= 0.3 is 0 Å². The third-order valence-corrected chi connectivity index (χ3v) is 2.42. The van der Waals surface area contributed by atoms with Crippen molar-refractivity contribution in [3.8, 4) is 0 Å². The molecule has 14 heavy (non-hydrogen) atoms. The summed E-state index contributed by atoms with van der Waals surface area (Å²) in [5.74, 6) is 0.511. The van der Waals surface area contributed by atoms with Crippen LogP contribution in [0.1, 0.15) is 11.6 Å². The van der Waals surface area contributed by atoms with Crippen LogP contribution in [-0.4, -0.2) is 24.7 Å². The van der Waals surface area contributed by atoms with Gasteiger partial charge in [0.05, 0.1) is 24.3 Å². The van der Waals surface area contributed by atoms with Gasteiger partial charge in [-0.25, -0.2) is 4.98 Å². The Morgan fingerprint density at radius 1 is 1.64 bits per heavy atom. The zero-order chi connectivity index (χ0) is 9.97. The normalized spacial score (nSPS) is 22.2. The Hall–Kier alpha value is -0.840. The molecule has 0 radical (unpaired) electrons. The molecule has 1 unspecified atom stereocenters. The van der Waals surface area contributed by atoms with Crippen LogP contribution in [0, 0.1) is 0 Å². The molecule has 1 aromatic rings. The molecule has 2 heterocycles. The topological polar surface area (TPSA) is 60.2 Å². The molecule has 1 fully saturated rings. The van der Waals surface area contributed by atoms with Gasteiger partial charge in [-0.3, -0.25) is 0 Å². The zero-order valence-corrected chi connectivity index (χ0v) is 8.42. The van der Waals surface area contributed by atoms with E-state index in [1.807, 2.05) is 6.07 Å². The summed E-state index contributed by atoms with van der Waals surface area (Å²) in [5, 5.41) is 3.90. The second kappa shape index (κ2) is 4.13. The minimum Gasteiger partial charge on any atom is -0.383 e. The molecule has 0 bridgehead atoms. The van der Waals surface area contributed by atoms with Crippen LogP contribution in [0.4, 0.5) is 5.82 Å². The van der Waals surface area contributed by atoms with E-state index in [0.717, 1.165) is 18.7 Å². The lowest BCUT2D eigenvalue weighted by atomic mass is 10.1. The highest BCUT2D eigenvalue weighted by Gasteiger charge is 2.18. The Morgan fingerprint density at radius 3 is 3.21 bits per heavy atom. The fourth-order valence-corrected chi connectivity index (χ4v) is 1.68. The van der Waals surface area contributed by atoms with Crippen LogP contribution in [-0.2, 0) is 4.74 Å². The van der Waals surface area contributed by atoms with Gasteiger partial charge in [-0.2, -0.15) is 0 Å². The summed E-state index contributed by atoms with van der Waals surface area (Å²) in [4.78, 5) is 4.00. The molecule has 1 aromatic heterocycles. The van der Waals surface area contributed by atoms with Crippen molar-refractivity contribution >= 4 is 17.4 Å². The van der Waals surface area contributed by atoms with Gasteiger partial charge in [0.2, 0.25) is 0 Å². The van der Waals surface area contributed by atoms with Crippen LogP contribution in [0.25, 0.3) is 0 Å². The summed E-state index contributed by atoms with van der Waals surface area (Å²) in [6.07, 6.45) is 1.55. The number of aromatic nitrogens is 1. The number of nitrogens with two attached hydrogens (primary N) is 1. The molecule has 1 atom stereocenters. The van der Waals surface area contributed by atoms with Gasteiger partial charge in [0.1, 0.15) is 5.82 Å². The lowest BCUT2D eigenvalue weighted by Gasteiger charge is -2.24. The maximum atomic E-state index is 5.85. The van der Waals surface area contributed by atoms with Crippen LogP contribution < -0.4 is 11.1 Å². The summed E-state index contributed by atoms with van der Waals surface area (Å²) in [6.45, 7) is 2.19. The maximum absolute atomic E-state index is 5.85. The smallest absolute Gasteiger partial charge is 0.128 e. The molecule has 0 amide bonds. The van der Waals surface area contributed by atoms with Crippen molar-refractivity contribution in [2.24, 2.45) is 0 Å². The Labute approximate surface area is 87.4 Å². The number of ether oxygens (including phenoxy) is 1. The molecular weight excluding hydrogens is 202 g/mol. The van der Waals surface area contributed by atoms with Gasteiger partial charge in [-0.15, -0.1) is 0 Å². The number of rotatable bonds is 1. The number of nitrogen functional groups attached to an aromatic ring is 1. The van der Waals surface area contributed by atoms with Crippen LogP contribution in [0.2, 0.25) is 5.02 Å². The van der Waals surface area contributed by atoms with Gasteiger partial charge in [-0.1, -0.05) is 11.6 Å². The summed E-state index contributed by atoms with van der Waals surface area (Å²) in [5.41, 5.74) is 6.67. The van der Waals surface area contributed by atoms with Gasteiger partial charge in [0.25, 0.3) is 0 Å². The highest BCUT2D eigenvalue weighted by molar-refractivity contribution is 6.30. The van der Waals surface area contributed by atoms with E-state index in [4.69, 9.17) is 22.1 Å². The fourth-order valence-electron chi connectivity index (χ4n) is 1.51. The highest BCUT2D eigenvalue weighted by atomic mass is 35.5. The first-order valence-corrected chi connectivity index (χ1v) is 4.87. The standard InChI is InChI=1S/C9H12ClN3O/c10-6-3-7(9(11)13-4-6)8-5-14-2-1-12-8/h3-4,8,12H,1-2,5H2,(H2,11,13). The van der Waals surface area contributed by atoms with E-state index in [2.05, 4.69) is 10.3 Å². The van der Waals surface area contributed by atoms with Crippen molar-refractivity contribution in [1.82, 2.24) is 10.3 Å². The third kappa shape index (κ3) is 1.97. The molecule has 4 nitrogen and oxygen atoms in total. The number of hydrogen-bond donors (Lipinski definition) is 2. The number of halogens is 1. The molecule has 76 valence electrons. The lowest BCUT2D eigenvalue weighted by Crippen LogP contribution is -2.35. The predicted octanol–water partition coefficient (Wildman–Crippen LogP) is 0.978. The number of nitrogens with zero attached hydrogens (tertiary/aromatic N) is 1. The summed E-state index contributed by atoms with van der Waals surface area (Å²) in [6, 6.07) is 1.94. The largest absolute Gasteiger partial charge is 0.383 e. The number of hydrogen-bond acceptors (Lipinski definition) is 4. The van der Waals surface area contributed by atoms with Gasteiger partial charge in [-0.05, 0) is 6.07 Å². The molecule has 1 saturated heterocycles. The SMILES string of the molecule is Nc1ncc(Cl)cc1C1COCCN1. The number of pyridine rings is 1. The first-order valence-electron chi connectivity index (χ1n) is 4.49.